The van der Waals surface area contributed by atoms with Gasteiger partial charge in [0.15, 0.2) is 0 Å². The molecule has 3 rings (SSSR count). The van der Waals surface area contributed by atoms with Gasteiger partial charge >= 0.3 is 0 Å². The van der Waals surface area contributed by atoms with Gasteiger partial charge in [0.2, 0.25) is 5.91 Å². The minimum absolute atomic E-state index is 0.183. The zero-order valence-electron chi connectivity index (χ0n) is 10.6. The highest BCUT2D eigenvalue weighted by Crippen LogP contribution is 2.34. The Kier molecular flexibility index (Phi) is 2.96. The molecule has 1 N–H and O–H groups in total. The van der Waals surface area contributed by atoms with Gasteiger partial charge in [0.1, 0.15) is 11.9 Å². The lowest BCUT2D eigenvalue weighted by Gasteiger charge is -2.28. The van der Waals surface area contributed by atoms with Crippen molar-refractivity contribution in [2.24, 2.45) is 0 Å². The molecule has 4 heteroatoms. The molecule has 0 saturated carbocycles. The van der Waals surface area contributed by atoms with E-state index in [1.807, 2.05) is 25.2 Å². The van der Waals surface area contributed by atoms with E-state index in [0.717, 1.165) is 37.4 Å². The van der Waals surface area contributed by atoms with E-state index in [1.165, 1.54) is 5.56 Å². The molecule has 4 nitrogen and oxygen atoms in total. The molecule has 2 aliphatic rings. The van der Waals surface area contributed by atoms with E-state index in [9.17, 15) is 4.79 Å². The molecule has 1 aromatic rings. The van der Waals surface area contributed by atoms with Crippen molar-refractivity contribution in [2.45, 2.75) is 25.4 Å². The van der Waals surface area contributed by atoms with E-state index in [4.69, 9.17) is 4.74 Å². The van der Waals surface area contributed by atoms with Gasteiger partial charge in [0.25, 0.3) is 0 Å². The maximum absolute atomic E-state index is 11.7. The van der Waals surface area contributed by atoms with E-state index in [0.29, 0.717) is 6.42 Å². The third-order valence-electron chi connectivity index (χ3n) is 3.74. The van der Waals surface area contributed by atoms with Crippen molar-refractivity contribution in [2.75, 3.05) is 25.0 Å². The largest absolute Gasteiger partial charge is 0.489 e. The number of fused-ring (bicyclic) bond motifs is 1. The van der Waals surface area contributed by atoms with E-state index in [1.54, 1.807) is 4.90 Å². The fourth-order valence-corrected chi connectivity index (χ4v) is 2.67. The van der Waals surface area contributed by atoms with Gasteiger partial charge in [-0.1, -0.05) is 6.07 Å². The van der Waals surface area contributed by atoms with Crippen molar-refractivity contribution in [3.05, 3.63) is 23.8 Å². The highest BCUT2D eigenvalue weighted by Gasteiger charge is 2.25. The van der Waals surface area contributed by atoms with Crippen molar-refractivity contribution in [3.63, 3.8) is 0 Å². The first-order chi connectivity index (χ1) is 8.75. The van der Waals surface area contributed by atoms with Gasteiger partial charge in [0.05, 0.1) is 5.69 Å². The molecule has 0 aliphatic carbocycles. The molecule has 1 unspecified atom stereocenters. The SMILES string of the molecule is CN1C(=O)CCc2c(OC3CCNC3)cccc21. The number of benzene rings is 1. The summed E-state index contributed by atoms with van der Waals surface area (Å²) in [7, 11) is 1.83. The molecule has 1 aromatic carbocycles. The maximum Gasteiger partial charge on any atom is 0.227 e. The molecule has 0 spiro atoms. The van der Waals surface area contributed by atoms with E-state index in [-0.39, 0.29) is 12.0 Å². The van der Waals surface area contributed by atoms with Crippen molar-refractivity contribution in [1.82, 2.24) is 5.32 Å². The zero-order valence-corrected chi connectivity index (χ0v) is 10.6. The average Bonchev–Trinajstić information content (AvgIpc) is 2.87. The fraction of sp³-hybridized carbons (Fsp3) is 0.500. The number of carbonyl (C=O) groups excluding carboxylic acids is 1. The number of rotatable bonds is 2. The fourth-order valence-electron chi connectivity index (χ4n) is 2.67. The predicted octanol–water partition coefficient (Wildman–Crippen LogP) is 1.34. The number of hydrogen-bond acceptors (Lipinski definition) is 3. The quantitative estimate of drug-likeness (QED) is 0.856. The van der Waals surface area contributed by atoms with Crippen molar-refractivity contribution in [3.8, 4) is 5.75 Å². The molecule has 1 atom stereocenters. The van der Waals surface area contributed by atoms with Crippen LogP contribution in [-0.2, 0) is 11.2 Å². The van der Waals surface area contributed by atoms with Gasteiger partial charge in [-0.25, -0.2) is 0 Å². The number of hydrogen-bond donors (Lipinski definition) is 1. The van der Waals surface area contributed by atoms with Gasteiger partial charge < -0.3 is 15.0 Å². The zero-order chi connectivity index (χ0) is 12.5. The van der Waals surface area contributed by atoms with E-state index < -0.39 is 0 Å². The lowest BCUT2D eigenvalue weighted by atomic mass is 10.0. The Morgan fingerprint density at radius 3 is 3.06 bits per heavy atom. The molecule has 0 aromatic heterocycles. The molecule has 1 fully saturated rings. The highest BCUT2D eigenvalue weighted by molar-refractivity contribution is 5.96. The molecule has 96 valence electrons. The van der Waals surface area contributed by atoms with Gasteiger partial charge in [0, 0.05) is 25.6 Å². The molecule has 1 saturated heterocycles. The maximum atomic E-state index is 11.7. The molecule has 18 heavy (non-hydrogen) atoms. The normalized spacial score (nSPS) is 23.1. The van der Waals surface area contributed by atoms with Crippen LogP contribution in [0.3, 0.4) is 0 Å². The number of nitrogens with zero attached hydrogens (tertiary/aromatic N) is 1. The molecule has 2 aliphatic heterocycles. The lowest BCUT2D eigenvalue weighted by Crippen LogP contribution is -2.31. The monoisotopic (exact) mass is 246 g/mol. The molecule has 0 bridgehead atoms. The third-order valence-corrected chi connectivity index (χ3v) is 3.74. The van der Waals surface area contributed by atoms with Crippen LogP contribution in [0, 0.1) is 0 Å². The van der Waals surface area contributed by atoms with Crippen LogP contribution >= 0.6 is 0 Å². The summed E-state index contributed by atoms with van der Waals surface area (Å²) < 4.78 is 6.06. The first-order valence-electron chi connectivity index (χ1n) is 6.51. The summed E-state index contributed by atoms with van der Waals surface area (Å²) in [5, 5.41) is 3.30. The van der Waals surface area contributed by atoms with Crippen LogP contribution in [0.1, 0.15) is 18.4 Å². The van der Waals surface area contributed by atoms with E-state index >= 15 is 0 Å². The Morgan fingerprint density at radius 1 is 1.39 bits per heavy atom. The summed E-state index contributed by atoms with van der Waals surface area (Å²) >= 11 is 0. The molecule has 2 heterocycles. The predicted molar refractivity (Wildman–Crippen MR) is 70.1 cm³/mol. The number of carbonyl (C=O) groups is 1. The standard InChI is InChI=1S/C14H18N2O2/c1-16-12-3-2-4-13(11(12)5-6-14(16)17)18-10-7-8-15-9-10/h2-4,10,15H,5-9H2,1H3. The summed E-state index contributed by atoms with van der Waals surface area (Å²) in [5.41, 5.74) is 2.17. The molecular weight excluding hydrogens is 228 g/mol. The summed E-state index contributed by atoms with van der Waals surface area (Å²) in [6.45, 7) is 1.94. The van der Waals surface area contributed by atoms with Gasteiger partial charge in [-0.3, -0.25) is 4.79 Å². The van der Waals surface area contributed by atoms with Crippen LogP contribution < -0.4 is 15.0 Å². The Bertz CT molecular complexity index is 467. The molecule has 1 amide bonds. The number of anilines is 1. The second-order valence-electron chi connectivity index (χ2n) is 4.94. The smallest absolute Gasteiger partial charge is 0.227 e. The second-order valence-corrected chi connectivity index (χ2v) is 4.94. The second kappa shape index (κ2) is 4.61. The van der Waals surface area contributed by atoms with Crippen LogP contribution in [-0.4, -0.2) is 32.1 Å². The van der Waals surface area contributed by atoms with E-state index in [2.05, 4.69) is 5.32 Å². The van der Waals surface area contributed by atoms with Crippen LogP contribution in [0.5, 0.6) is 5.75 Å². The van der Waals surface area contributed by atoms with Gasteiger partial charge in [-0.2, -0.15) is 0 Å². The Balaban J connectivity index is 1.89. The highest BCUT2D eigenvalue weighted by atomic mass is 16.5. The van der Waals surface area contributed by atoms with Crippen LogP contribution in [0.4, 0.5) is 5.69 Å². The van der Waals surface area contributed by atoms with Crippen molar-refractivity contribution >= 4 is 11.6 Å². The lowest BCUT2D eigenvalue weighted by molar-refractivity contribution is -0.118. The Labute approximate surface area is 107 Å². The van der Waals surface area contributed by atoms with Crippen LogP contribution in [0.2, 0.25) is 0 Å². The number of nitrogens with one attached hydrogen (secondary N) is 1. The summed E-state index contributed by atoms with van der Waals surface area (Å²) in [6.07, 6.45) is 2.68. The summed E-state index contributed by atoms with van der Waals surface area (Å²) in [4.78, 5) is 13.4. The van der Waals surface area contributed by atoms with Gasteiger partial charge in [-0.15, -0.1) is 0 Å². The van der Waals surface area contributed by atoms with Crippen LogP contribution in [0.15, 0.2) is 18.2 Å². The Hall–Kier alpha value is -1.55. The van der Waals surface area contributed by atoms with Crippen molar-refractivity contribution in [1.29, 1.82) is 0 Å². The topological polar surface area (TPSA) is 41.6 Å². The molecule has 0 radical (unpaired) electrons. The first kappa shape index (κ1) is 11.5. The first-order valence-corrected chi connectivity index (χ1v) is 6.51. The van der Waals surface area contributed by atoms with Crippen molar-refractivity contribution < 1.29 is 9.53 Å². The number of ether oxygens (including phenoxy) is 1. The third kappa shape index (κ3) is 1.97. The Morgan fingerprint density at radius 2 is 2.28 bits per heavy atom. The molecular formula is C14H18N2O2. The number of amides is 1. The minimum atomic E-state index is 0.183. The van der Waals surface area contributed by atoms with Crippen LogP contribution in [0.25, 0.3) is 0 Å². The minimum Gasteiger partial charge on any atom is -0.489 e. The van der Waals surface area contributed by atoms with Gasteiger partial charge in [-0.05, 0) is 31.5 Å². The summed E-state index contributed by atoms with van der Waals surface area (Å²) in [5.74, 6) is 1.13. The average molecular weight is 246 g/mol. The summed E-state index contributed by atoms with van der Waals surface area (Å²) in [6, 6.07) is 5.97.